The highest BCUT2D eigenvalue weighted by Gasteiger charge is 2.17. The van der Waals surface area contributed by atoms with Gasteiger partial charge in [-0.3, -0.25) is 4.79 Å². The van der Waals surface area contributed by atoms with Crippen molar-refractivity contribution in [2.24, 2.45) is 0 Å². The molecule has 0 amide bonds. The first kappa shape index (κ1) is 14.3. The molecule has 0 saturated carbocycles. The highest BCUT2D eigenvalue weighted by atomic mass is 16.6. The fraction of sp³-hybridized carbons (Fsp3) is 0.500. The van der Waals surface area contributed by atoms with Crippen LogP contribution in [0.5, 0.6) is 0 Å². The Kier molecular flexibility index (Phi) is 3.65. The number of nitrogens with two attached hydrogens (primary N) is 1. The van der Waals surface area contributed by atoms with Crippen LogP contribution in [0.1, 0.15) is 32.8 Å². The number of hydrogen-bond donors (Lipinski definition) is 1. The lowest BCUT2D eigenvalue weighted by Gasteiger charge is -2.19. The van der Waals surface area contributed by atoms with Gasteiger partial charge in [0.05, 0.1) is 11.8 Å². The number of anilines is 1. The van der Waals surface area contributed by atoms with E-state index in [1.165, 1.54) is 6.33 Å². The van der Waals surface area contributed by atoms with Crippen LogP contribution in [0, 0.1) is 6.92 Å². The number of nitrogen functional groups attached to an aromatic ring is 1. The molecule has 6 heteroatoms. The Morgan fingerprint density at radius 1 is 1.40 bits per heavy atom. The van der Waals surface area contributed by atoms with E-state index in [1.54, 1.807) is 0 Å². The van der Waals surface area contributed by atoms with Crippen LogP contribution in [-0.4, -0.2) is 26.1 Å². The summed E-state index contributed by atoms with van der Waals surface area (Å²) in [4.78, 5) is 20.0. The topological polar surface area (TPSA) is 83.0 Å². The first-order valence-electron chi connectivity index (χ1n) is 6.55. The number of hydrogen-bond acceptors (Lipinski definition) is 5. The number of carbonyl (C=O) groups is 1. The molecule has 0 fully saturated rings. The van der Waals surface area contributed by atoms with Crippen molar-refractivity contribution in [3.05, 3.63) is 18.1 Å². The third-order valence-electron chi connectivity index (χ3n) is 2.85. The van der Waals surface area contributed by atoms with Crippen molar-refractivity contribution < 1.29 is 9.53 Å². The summed E-state index contributed by atoms with van der Waals surface area (Å²) in [5.74, 6) is 0.238. The zero-order valence-corrected chi connectivity index (χ0v) is 12.3. The first-order valence-corrected chi connectivity index (χ1v) is 6.55. The number of aryl methyl sites for hydroxylation is 2. The summed E-state index contributed by atoms with van der Waals surface area (Å²) in [7, 11) is 0. The van der Waals surface area contributed by atoms with Crippen molar-refractivity contribution in [3.8, 4) is 0 Å². The Labute approximate surface area is 118 Å². The van der Waals surface area contributed by atoms with Crippen LogP contribution in [0.2, 0.25) is 0 Å². The molecule has 0 aliphatic heterocycles. The lowest BCUT2D eigenvalue weighted by molar-refractivity contribution is -0.155. The van der Waals surface area contributed by atoms with Crippen LogP contribution in [0.15, 0.2) is 12.5 Å². The highest BCUT2D eigenvalue weighted by Crippen LogP contribution is 2.23. The van der Waals surface area contributed by atoms with Crippen molar-refractivity contribution in [2.75, 3.05) is 5.73 Å². The molecule has 0 aromatic carbocycles. The third kappa shape index (κ3) is 3.07. The zero-order chi connectivity index (χ0) is 14.9. The van der Waals surface area contributed by atoms with Gasteiger partial charge in [-0.1, -0.05) is 0 Å². The average Bonchev–Trinajstić information content (AvgIpc) is 2.63. The van der Waals surface area contributed by atoms with Crippen LogP contribution < -0.4 is 5.73 Å². The number of nitrogens with zero attached hydrogens (tertiary/aromatic N) is 3. The lowest BCUT2D eigenvalue weighted by Crippen LogP contribution is -2.24. The molecular formula is C14H20N4O2. The van der Waals surface area contributed by atoms with Crippen LogP contribution in [0.3, 0.4) is 0 Å². The molecule has 0 saturated heterocycles. The maximum absolute atomic E-state index is 11.7. The Balaban J connectivity index is 2.15. The summed E-state index contributed by atoms with van der Waals surface area (Å²) >= 11 is 0. The zero-order valence-electron chi connectivity index (χ0n) is 12.3. The van der Waals surface area contributed by atoms with E-state index in [-0.39, 0.29) is 5.97 Å². The quantitative estimate of drug-likeness (QED) is 0.867. The largest absolute Gasteiger partial charge is 0.460 e. The van der Waals surface area contributed by atoms with Crippen LogP contribution in [0.25, 0.3) is 11.0 Å². The number of ether oxygens (including phenoxy) is 1. The standard InChI is InChI=1S/C14H20N4O2/c1-9-7-18(6-5-10(19)20-14(2,3)4)13-11(9)12(15)16-8-17-13/h7-8H,5-6H2,1-4H3,(H2,15,16,17). The monoisotopic (exact) mass is 276 g/mol. The van der Waals surface area contributed by atoms with Gasteiger partial charge in [-0.25, -0.2) is 9.97 Å². The predicted molar refractivity (Wildman–Crippen MR) is 77.1 cm³/mol. The third-order valence-corrected chi connectivity index (χ3v) is 2.85. The van der Waals surface area contributed by atoms with Crippen molar-refractivity contribution in [1.29, 1.82) is 0 Å². The molecule has 2 heterocycles. The molecule has 0 radical (unpaired) electrons. The molecule has 108 valence electrons. The molecule has 0 bridgehead atoms. The van der Waals surface area contributed by atoms with E-state index in [1.807, 2.05) is 38.5 Å². The fourth-order valence-electron chi connectivity index (χ4n) is 2.12. The second-order valence-corrected chi connectivity index (χ2v) is 5.80. The van der Waals surface area contributed by atoms with E-state index in [4.69, 9.17) is 10.5 Å². The van der Waals surface area contributed by atoms with Crippen LogP contribution >= 0.6 is 0 Å². The number of esters is 1. The summed E-state index contributed by atoms with van der Waals surface area (Å²) in [5, 5.41) is 0.844. The summed E-state index contributed by atoms with van der Waals surface area (Å²) in [6, 6.07) is 0. The van der Waals surface area contributed by atoms with E-state index in [2.05, 4.69) is 9.97 Å². The van der Waals surface area contributed by atoms with E-state index in [0.717, 1.165) is 16.6 Å². The minimum Gasteiger partial charge on any atom is -0.460 e. The average molecular weight is 276 g/mol. The Morgan fingerprint density at radius 3 is 2.75 bits per heavy atom. The fourth-order valence-corrected chi connectivity index (χ4v) is 2.12. The molecule has 0 atom stereocenters. The Hall–Kier alpha value is -2.11. The second kappa shape index (κ2) is 5.11. The van der Waals surface area contributed by atoms with Gasteiger partial charge in [-0.05, 0) is 33.3 Å². The Bertz CT molecular complexity index is 640. The number of fused-ring (bicyclic) bond motifs is 1. The SMILES string of the molecule is Cc1cn(CCC(=O)OC(C)(C)C)c2ncnc(N)c12. The van der Waals surface area contributed by atoms with Gasteiger partial charge in [0.1, 0.15) is 23.4 Å². The predicted octanol–water partition coefficient (Wildman–Crippen LogP) is 2.05. The molecular weight excluding hydrogens is 256 g/mol. The molecule has 2 rings (SSSR count). The number of aromatic nitrogens is 3. The van der Waals surface area contributed by atoms with E-state index in [0.29, 0.717) is 18.8 Å². The molecule has 20 heavy (non-hydrogen) atoms. The van der Waals surface area contributed by atoms with Crippen molar-refractivity contribution in [3.63, 3.8) is 0 Å². The molecule has 0 spiro atoms. The molecule has 0 unspecified atom stereocenters. The van der Waals surface area contributed by atoms with E-state index >= 15 is 0 Å². The van der Waals surface area contributed by atoms with Gasteiger partial charge in [0.15, 0.2) is 0 Å². The maximum atomic E-state index is 11.7. The van der Waals surface area contributed by atoms with E-state index < -0.39 is 5.60 Å². The number of carbonyl (C=O) groups excluding carboxylic acids is 1. The second-order valence-electron chi connectivity index (χ2n) is 5.80. The van der Waals surface area contributed by atoms with Gasteiger partial charge < -0.3 is 15.0 Å². The normalized spacial score (nSPS) is 11.8. The molecule has 2 aromatic heterocycles. The van der Waals surface area contributed by atoms with Crippen LogP contribution in [-0.2, 0) is 16.1 Å². The van der Waals surface area contributed by atoms with Crippen molar-refractivity contribution in [2.45, 2.75) is 46.3 Å². The van der Waals surface area contributed by atoms with E-state index in [9.17, 15) is 4.79 Å². The van der Waals surface area contributed by atoms with Gasteiger partial charge >= 0.3 is 5.97 Å². The maximum Gasteiger partial charge on any atom is 0.308 e. The van der Waals surface area contributed by atoms with Gasteiger partial charge in [-0.15, -0.1) is 0 Å². The van der Waals surface area contributed by atoms with Crippen LogP contribution in [0.4, 0.5) is 5.82 Å². The molecule has 2 aromatic rings. The summed E-state index contributed by atoms with van der Waals surface area (Å²) in [6.45, 7) is 8.03. The van der Waals surface area contributed by atoms with Gasteiger partial charge in [0.25, 0.3) is 0 Å². The smallest absolute Gasteiger partial charge is 0.308 e. The lowest BCUT2D eigenvalue weighted by atomic mass is 10.2. The summed E-state index contributed by atoms with van der Waals surface area (Å²) in [5.41, 5.74) is 7.14. The van der Waals surface area contributed by atoms with Crippen molar-refractivity contribution >= 4 is 22.8 Å². The molecule has 6 nitrogen and oxygen atoms in total. The molecule has 2 N–H and O–H groups in total. The van der Waals surface area contributed by atoms with Gasteiger partial charge in [0.2, 0.25) is 0 Å². The minimum absolute atomic E-state index is 0.223. The molecule has 0 aliphatic rings. The van der Waals surface area contributed by atoms with Crippen molar-refractivity contribution in [1.82, 2.24) is 14.5 Å². The Morgan fingerprint density at radius 2 is 2.10 bits per heavy atom. The summed E-state index contributed by atoms with van der Waals surface area (Å²) in [6.07, 6.45) is 3.66. The highest BCUT2D eigenvalue weighted by molar-refractivity contribution is 5.89. The number of rotatable bonds is 3. The summed E-state index contributed by atoms with van der Waals surface area (Å²) < 4.78 is 7.20. The van der Waals surface area contributed by atoms with Gasteiger partial charge in [-0.2, -0.15) is 0 Å². The first-order chi connectivity index (χ1) is 9.28. The minimum atomic E-state index is -0.460. The van der Waals surface area contributed by atoms with Gasteiger partial charge in [0, 0.05) is 12.7 Å². The molecule has 0 aliphatic carbocycles.